The number of aliphatic hydroxyl groups is 2. The lowest BCUT2D eigenvalue weighted by Crippen LogP contribution is -2.54. The average Bonchev–Trinajstić information content (AvgIpc) is 2.78. The van der Waals surface area contributed by atoms with Gasteiger partial charge in [0.2, 0.25) is 0 Å². The van der Waals surface area contributed by atoms with E-state index in [2.05, 4.69) is 0 Å². The van der Waals surface area contributed by atoms with Gasteiger partial charge in [0.25, 0.3) is 0 Å². The van der Waals surface area contributed by atoms with Gasteiger partial charge in [0.05, 0.1) is 23.7 Å². The minimum atomic E-state index is -0.722. The zero-order valence-electron chi connectivity index (χ0n) is 16.9. The Morgan fingerprint density at radius 1 is 1.00 bits per heavy atom. The normalized spacial score (nSPS) is 19.2. The lowest BCUT2D eigenvalue weighted by Gasteiger charge is -2.50. The molecule has 160 valence electrons. The van der Waals surface area contributed by atoms with Gasteiger partial charge in [-0.3, -0.25) is 0 Å². The van der Waals surface area contributed by atoms with Crippen LogP contribution in [0.2, 0.25) is 0 Å². The topological polar surface area (TPSA) is 63.9 Å². The van der Waals surface area contributed by atoms with E-state index in [-0.39, 0.29) is 30.1 Å². The van der Waals surface area contributed by atoms with Gasteiger partial charge in [-0.15, -0.1) is 0 Å². The summed E-state index contributed by atoms with van der Waals surface area (Å²) in [5.74, 6) is -0.267. The molecule has 1 saturated heterocycles. The van der Waals surface area contributed by atoms with Crippen LogP contribution >= 0.6 is 12.2 Å². The standard InChI is InChI=1S/C25H24FNO3S/c26-18-9-7-17(8-10-18)22(29)13-12-21-24(20-11-6-16(15-28)14-23(20)30)27(25(21)31)19-4-2-1-3-5-19/h1-11,14,21-22,24,28-30H,12-13,15H2/t21-,22+,24-/m1/s1. The van der Waals surface area contributed by atoms with Crippen LogP contribution in [0.4, 0.5) is 10.1 Å². The summed E-state index contributed by atoms with van der Waals surface area (Å²) in [6.07, 6.45) is 0.359. The van der Waals surface area contributed by atoms with Crippen molar-refractivity contribution in [2.75, 3.05) is 4.90 Å². The van der Waals surface area contributed by atoms with Crippen LogP contribution in [0.15, 0.2) is 72.8 Å². The van der Waals surface area contributed by atoms with E-state index in [0.29, 0.717) is 24.0 Å². The molecule has 0 amide bonds. The number of phenols is 1. The van der Waals surface area contributed by atoms with Gasteiger partial charge in [0.15, 0.2) is 0 Å². The summed E-state index contributed by atoms with van der Waals surface area (Å²) < 4.78 is 13.2. The SMILES string of the molecule is OCc1ccc([C@@H]2[C@@H](CC[C@H](O)c3ccc(F)cc3)C(=S)N2c2ccccc2)c(O)c1. The summed E-state index contributed by atoms with van der Waals surface area (Å²) in [6, 6.07) is 20.6. The number of para-hydroxylation sites is 1. The molecule has 1 fully saturated rings. The number of rotatable bonds is 7. The first kappa shape index (κ1) is 21.4. The molecule has 4 nitrogen and oxygen atoms in total. The first-order valence-corrected chi connectivity index (χ1v) is 10.6. The van der Waals surface area contributed by atoms with Crippen molar-refractivity contribution in [2.45, 2.75) is 31.6 Å². The highest BCUT2D eigenvalue weighted by Gasteiger charge is 2.46. The van der Waals surface area contributed by atoms with Gasteiger partial charge >= 0.3 is 0 Å². The van der Waals surface area contributed by atoms with E-state index in [1.807, 2.05) is 41.3 Å². The van der Waals surface area contributed by atoms with Crippen molar-refractivity contribution in [2.24, 2.45) is 5.92 Å². The van der Waals surface area contributed by atoms with Gasteiger partial charge in [-0.25, -0.2) is 4.39 Å². The van der Waals surface area contributed by atoms with Crippen molar-refractivity contribution in [1.29, 1.82) is 0 Å². The minimum absolute atomic E-state index is 0.0452. The molecule has 0 radical (unpaired) electrons. The molecule has 1 heterocycles. The van der Waals surface area contributed by atoms with Crippen molar-refractivity contribution in [3.05, 3.63) is 95.3 Å². The van der Waals surface area contributed by atoms with Crippen LogP contribution in [0.3, 0.4) is 0 Å². The molecule has 1 aliphatic heterocycles. The van der Waals surface area contributed by atoms with Gasteiger partial charge in [-0.05, 0) is 54.3 Å². The van der Waals surface area contributed by atoms with Crippen LogP contribution in [0.1, 0.15) is 41.7 Å². The number of hydrogen-bond acceptors (Lipinski definition) is 4. The second-order valence-corrected chi connectivity index (χ2v) is 8.21. The van der Waals surface area contributed by atoms with Crippen molar-refractivity contribution < 1.29 is 19.7 Å². The van der Waals surface area contributed by atoms with E-state index in [1.54, 1.807) is 24.3 Å². The fourth-order valence-corrected chi connectivity index (χ4v) is 4.65. The summed E-state index contributed by atoms with van der Waals surface area (Å²) in [4.78, 5) is 2.78. The lowest BCUT2D eigenvalue weighted by molar-refractivity contribution is 0.157. The molecule has 0 aliphatic carbocycles. The minimum Gasteiger partial charge on any atom is -0.508 e. The summed E-state index contributed by atoms with van der Waals surface area (Å²) >= 11 is 5.74. The largest absolute Gasteiger partial charge is 0.508 e. The Morgan fingerprint density at radius 3 is 2.35 bits per heavy atom. The zero-order valence-corrected chi connectivity index (χ0v) is 17.7. The Labute approximate surface area is 186 Å². The molecule has 3 aromatic carbocycles. The number of nitrogens with zero attached hydrogens (tertiary/aromatic N) is 1. The number of hydrogen-bond donors (Lipinski definition) is 3. The van der Waals surface area contributed by atoms with Crippen LogP contribution in [0, 0.1) is 11.7 Å². The zero-order chi connectivity index (χ0) is 22.0. The maximum Gasteiger partial charge on any atom is 0.123 e. The van der Waals surface area contributed by atoms with Crippen molar-refractivity contribution in [1.82, 2.24) is 0 Å². The molecule has 3 atom stereocenters. The number of aliphatic hydroxyl groups excluding tert-OH is 2. The molecule has 0 saturated carbocycles. The van der Waals surface area contributed by atoms with Crippen LogP contribution in [0.25, 0.3) is 0 Å². The predicted octanol–water partition coefficient (Wildman–Crippen LogP) is 5.04. The van der Waals surface area contributed by atoms with E-state index in [0.717, 1.165) is 16.2 Å². The first-order chi connectivity index (χ1) is 15.0. The van der Waals surface area contributed by atoms with Gasteiger partial charge in [0, 0.05) is 17.2 Å². The van der Waals surface area contributed by atoms with Crippen LogP contribution in [0.5, 0.6) is 5.75 Å². The van der Waals surface area contributed by atoms with E-state index in [1.165, 1.54) is 12.1 Å². The second-order valence-electron chi connectivity index (χ2n) is 7.79. The van der Waals surface area contributed by atoms with Crippen molar-refractivity contribution >= 4 is 22.9 Å². The molecule has 0 bridgehead atoms. The maximum absolute atomic E-state index is 13.2. The Bertz CT molecular complexity index is 1060. The third-order valence-electron chi connectivity index (χ3n) is 5.85. The van der Waals surface area contributed by atoms with E-state index >= 15 is 0 Å². The van der Waals surface area contributed by atoms with Crippen molar-refractivity contribution in [3.63, 3.8) is 0 Å². The lowest BCUT2D eigenvalue weighted by atomic mass is 9.78. The smallest absolute Gasteiger partial charge is 0.123 e. The molecule has 3 aromatic rings. The summed E-state index contributed by atoms with van der Waals surface area (Å²) in [5.41, 5.74) is 2.98. The van der Waals surface area contributed by atoms with Crippen LogP contribution < -0.4 is 4.90 Å². The number of halogens is 1. The molecule has 6 heteroatoms. The third kappa shape index (κ3) is 4.32. The molecule has 0 aromatic heterocycles. The van der Waals surface area contributed by atoms with Gasteiger partial charge in [-0.2, -0.15) is 0 Å². The number of anilines is 1. The monoisotopic (exact) mass is 437 g/mol. The van der Waals surface area contributed by atoms with Crippen molar-refractivity contribution in [3.8, 4) is 5.75 Å². The summed E-state index contributed by atoms with van der Waals surface area (Å²) in [7, 11) is 0. The third-order valence-corrected chi connectivity index (χ3v) is 6.35. The molecular formula is C25H24FNO3S. The second kappa shape index (κ2) is 9.14. The van der Waals surface area contributed by atoms with E-state index in [4.69, 9.17) is 12.2 Å². The average molecular weight is 438 g/mol. The number of thiocarbonyl (C=S) groups is 1. The molecule has 3 N–H and O–H groups in total. The van der Waals surface area contributed by atoms with Gasteiger partial charge < -0.3 is 20.2 Å². The fourth-order valence-electron chi connectivity index (χ4n) is 4.19. The molecule has 0 spiro atoms. The molecule has 4 rings (SSSR count). The number of aromatic hydroxyl groups is 1. The highest BCUT2D eigenvalue weighted by molar-refractivity contribution is 7.80. The Morgan fingerprint density at radius 2 is 1.71 bits per heavy atom. The van der Waals surface area contributed by atoms with Crippen LogP contribution in [-0.2, 0) is 6.61 Å². The Kier molecular flexibility index (Phi) is 6.32. The summed E-state index contributed by atoms with van der Waals surface area (Å²) in [6.45, 7) is -0.146. The highest BCUT2D eigenvalue weighted by atomic mass is 32.1. The molecule has 0 unspecified atom stereocenters. The Balaban J connectivity index is 1.58. The van der Waals surface area contributed by atoms with E-state index in [9.17, 15) is 19.7 Å². The molecule has 1 aliphatic rings. The highest BCUT2D eigenvalue weighted by Crippen LogP contribution is 2.49. The first-order valence-electron chi connectivity index (χ1n) is 10.2. The van der Waals surface area contributed by atoms with Gasteiger partial charge in [0.1, 0.15) is 11.6 Å². The van der Waals surface area contributed by atoms with Crippen LogP contribution in [-0.4, -0.2) is 20.3 Å². The number of phenolic OH excluding ortho intramolecular Hbond substituents is 1. The van der Waals surface area contributed by atoms with E-state index < -0.39 is 6.10 Å². The Hall–Kier alpha value is -2.80. The predicted molar refractivity (Wildman–Crippen MR) is 122 cm³/mol. The summed E-state index contributed by atoms with van der Waals surface area (Å²) in [5, 5.41) is 30.6. The van der Waals surface area contributed by atoms with Gasteiger partial charge in [-0.1, -0.05) is 54.7 Å². The molecular weight excluding hydrogens is 413 g/mol. The quantitative estimate of drug-likeness (QED) is 0.452. The maximum atomic E-state index is 13.2. The number of benzene rings is 3. The fraction of sp³-hybridized carbons (Fsp3) is 0.240. The molecule has 31 heavy (non-hydrogen) atoms.